The van der Waals surface area contributed by atoms with Gasteiger partial charge < -0.3 is 10.4 Å². The van der Waals surface area contributed by atoms with Crippen molar-refractivity contribution in [2.75, 3.05) is 5.32 Å². The summed E-state index contributed by atoms with van der Waals surface area (Å²) in [6.45, 7) is 1.86. The molecule has 104 valence electrons. The number of anilines is 1. The highest BCUT2D eigenvalue weighted by atomic mass is 16.3. The first kappa shape index (κ1) is 13.1. The van der Waals surface area contributed by atoms with E-state index in [1.807, 2.05) is 31.2 Å². The van der Waals surface area contributed by atoms with Crippen molar-refractivity contribution in [1.82, 2.24) is 4.98 Å². The van der Waals surface area contributed by atoms with Crippen LogP contribution in [0.15, 0.2) is 54.9 Å². The zero-order valence-electron chi connectivity index (χ0n) is 11.5. The van der Waals surface area contributed by atoms with Gasteiger partial charge in [-0.1, -0.05) is 18.2 Å². The Labute approximate surface area is 122 Å². The SMILES string of the molecule is Cc1ccc(C(=O)Nc2cccc3cnccc23)c(O)c1. The van der Waals surface area contributed by atoms with Crippen LogP contribution in [0, 0.1) is 6.92 Å². The molecule has 4 nitrogen and oxygen atoms in total. The first-order chi connectivity index (χ1) is 10.1. The molecule has 21 heavy (non-hydrogen) atoms. The van der Waals surface area contributed by atoms with Crippen LogP contribution < -0.4 is 5.32 Å². The Hall–Kier alpha value is -2.88. The molecular weight excluding hydrogens is 264 g/mol. The van der Waals surface area contributed by atoms with Gasteiger partial charge in [0.1, 0.15) is 5.75 Å². The number of nitrogens with zero attached hydrogens (tertiary/aromatic N) is 1. The normalized spacial score (nSPS) is 10.5. The number of carbonyl (C=O) groups is 1. The molecule has 1 aromatic heterocycles. The molecule has 1 amide bonds. The minimum atomic E-state index is -0.336. The first-order valence-electron chi connectivity index (χ1n) is 6.59. The average Bonchev–Trinajstić information content (AvgIpc) is 2.47. The lowest BCUT2D eigenvalue weighted by molar-refractivity contribution is 0.102. The van der Waals surface area contributed by atoms with Gasteiger partial charge in [-0.05, 0) is 36.8 Å². The number of aryl methyl sites for hydroxylation is 1. The lowest BCUT2D eigenvalue weighted by Crippen LogP contribution is -2.12. The number of aromatic nitrogens is 1. The van der Waals surface area contributed by atoms with Crippen LogP contribution in [0.25, 0.3) is 10.8 Å². The number of hydrogen-bond acceptors (Lipinski definition) is 3. The zero-order valence-corrected chi connectivity index (χ0v) is 11.5. The van der Waals surface area contributed by atoms with Gasteiger partial charge in [0.15, 0.2) is 0 Å². The van der Waals surface area contributed by atoms with Gasteiger partial charge >= 0.3 is 0 Å². The summed E-state index contributed by atoms with van der Waals surface area (Å²) in [6.07, 6.45) is 3.43. The predicted molar refractivity (Wildman–Crippen MR) is 82.5 cm³/mol. The summed E-state index contributed by atoms with van der Waals surface area (Å²) in [7, 11) is 0. The van der Waals surface area contributed by atoms with Crippen LogP contribution in [0.1, 0.15) is 15.9 Å². The van der Waals surface area contributed by atoms with Gasteiger partial charge in [0.25, 0.3) is 5.91 Å². The van der Waals surface area contributed by atoms with Crippen LogP contribution in [0.4, 0.5) is 5.69 Å². The molecule has 4 heteroatoms. The van der Waals surface area contributed by atoms with Gasteiger partial charge in [0, 0.05) is 28.9 Å². The van der Waals surface area contributed by atoms with Crippen molar-refractivity contribution < 1.29 is 9.90 Å². The fourth-order valence-corrected chi connectivity index (χ4v) is 2.25. The Morgan fingerprint density at radius 3 is 2.86 bits per heavy atom. The van der Waals surface area contributed by atoms with E-state index in [4.69, 9.17) is 0 Å². The van der Waals surface area contributed by atoms with Crippen molar-refractivity contribution >= 4 is 22.4 Å². The molecule has 0 aliphatic carbocycles. The molecule has 0 spiro atoms. The largest absolute Gasteiger partial charge is 0.507 e. The van der Waals surface area contributed by atoms with E-state index < -0.39 is 0 Å². The number of benzene rings is 2. The molecule has 0 radical (unpaired) electrons. The highest BCUT2D eigenvalue weighted by molar-refractivity contribution is 6.10. The van der Waals surface area contributed by atoms with Crippen LogP contribution in [-0.4, -0.2) is 16.0 Å². The van der Waals surface area contributed by atoms with E-state index in [0.717, 1.165) is 16.3 Å². The number of fused-ring (bicyclic) bond motifs is 1. The van der Waals surface area contributed by atoms with E-state index in [1.54, 1.807) is 30.6 Å². The molecule has 0 aliphatic rings. The van der Waals surface area contributed by atoms with Crippen molar-refractivity contribution in [2.45, 2.75) is 6.92 Å². The van der Waals surface area contributed by atoms with Crippen LogP contribution in [0.3, 0.4) is 0 Å². The fraction of sp³-hybridized carbons (Fsp3) is 0.0588. The Morgan fingerprint density at radius 2 is 2.05 bits per heavy atom. The van der Waals surface area contributed by atoms with E-state index in [9.17, 15) is 9.90 Å². The van der Waals surface area contributed by atoms with Gasteiger partial charge in [-0.25, -0.2) is 0 Å². The van der Waals surface area contributed by atoms with Crippen LogP contribution in [0.2, 0.25) is 0 Å². The maximum atomic E-state index is 12.3. The second kappa shape index (κ2) is 5.25. The average molecular weight is 278 g/mol. The van der Waals surface area contributed by atoms with Gasteiger partial charge in [-0.2, -0.15) is 0 Å². The number of pyridine rings is 1. The standard InChI is InChI=1S/C17H14N2O2/c1-11-5-6-14(16(20)9-11)17(21)19-15-4-2-3-12-10-18-8-7-13(12)15/h2-10,20H,1H3,(H,19,21). The van der Waals surface area contributed by atoms with Gasteiger partial charge in [0.05, 0.1) is 5.56 Å². The third kappa shape index (κ3) is 2.56. The van der Waals surface area contributed by atoms with E-state index in [-0.39, 0.29) is 17.2 Å². The molecular formula is C17H14N2O2. The lowest BCUT2D eigenvalue weighted by atomic mass is 10.1. The van der Waals surface area contributed by atoms with Gasteiger partial charge in [-0.3, -0.25) is 9.78 Å². The van der Waals surface area contributed by atoms with Crippen molar-refractivity contribution in [2.24, 2.45) is 0 Å². The van der Waals surface area contributed by atoms with Crippen molar-refractivity contribution in [3.8, 4) is 5.75 Å². The second-order valence-corrected chi connectivity index (χ2v) is 4.88. The number of carbonyl (C=O) groups excluding carboxylic acids is 1. The van der Waals surface area contributed by atoms with Gasteiger partial charge in [0.2, 0.25) is 0 Å². The zero-order chi connectivity index (χ0) is 14.8. The summed E-state index contributed by atoms with van der Waals surface area (Å²) in [5.74, 6) is -0.355. The van der Waals surface area contributed by atoms with E-state index in [2.05, 4.69) is 10.3 Å². The summed E-state index contributed by atoms with van der Waals surface area (Å²) in [4.78, 5) is 16.4. The third-order valence-electron chi connectivity index (χ3n) is 3.33. The topological polar surface area (TPSA) is 62.2 Å². The summed E-state index contributed by atoms with van der Waals surface area (Å²) >= 11 is 0. The Kier molecular flexibility index (Phi) is 3.28. The third-order valence-corrected chi connectivity index (χ3v) is 3.33. The first-order valence-corrected chi connectivity index (χ1v) is 6.59. The number of nitrogens with one attached hydrogen (secondary N) is 1. The van der Waals surface area contributed by atoms with Crippen LogP contribution in [0.5, 0.6) is 5.75 Å². The quantitative estimate of drug-likeness (QED) is 0.754. The molecule has 0 aliphatic heterocycles. The van der Waals surface area contributed by atoms with Crippen molar-refractivity contribution in [3.63, 3.8) is 0 Å². The molecule has 0 unspecified atom stereocenters. The molecule has 2 N–H and O–H groups in total. The maximum absolute atomic E-state index is 12.3. The minimum absolute atomic E-state index is 0.0191. The Bertz CT molecular complexity index is 823. The molecule has 0 bridgehead atoms. The molecule has 3 aromatic rings. The molecule has 0 saturated heterocycles. The molecule has 0 atom stereocenters. The van der Waals surface area contributed by atoms with Crippen LogP contribution >= 0.6 is 0 Å². The number of rotatable bonds is 2. The number of amides is 1. The number of aromatic hydroxyl groups is 1. The van der Waals surface area contributed by atoms with Crippen LogP contribution in [-0.2, 0) is 0 Å². The van der Waals surface area contributed by atoms with E-state index in [0.29, 0.717) is 5.69 Å². The minimum Gasteiger partial charge on any atom is -0.507 e. The molecule has 2 aromatic carbocycles. The monoisotopic (exact) mass is 278 g/mol. The Balaban J connectivity index is 1.97. The maximum Gasteiger partial charge on any atom is 0.259 e. The summed E-state index contributed by atoms with van der Waals surface area (Å²) in [5.41, 5.74) is 1.85. The molecule has 3 rings (SSSR count). The number of hydrogen-bond donors (Lipinski definition) is 2. The number of phenolic OH excluding ortho intramolecular Hbond substituents is 1. The highest BCUT2D eigenvalue weighted by Crippen LogP contribution is 2.24. The van der Waals surface area contributed by atoms with Gasteiger partial charge in [-0.15, -0.1) is 0 Å². The predicted octanol–water partition coefficient (Wildman–Crippen LogP) is 3.50. The number of phenols is 1. The van der Waals surface area contributed by atoms with E-state index >= 15 is 0 Å². The highest BCUT2D eigenvalue weighted by Gasteiger charge is 2.12. The molecule has 0 fully saturated rings. The summed E-state index contributed by atoms with van der Waals surface area (Å²) in [5, 5.41) is 14.6. The lowest BCUT2D eigenvalue weighted by Gasteiger charge is -2.10. The summed E-state index contributed by atoms with van der Waals surface area (Å²) in [6, 6.07) is 12.4. The fourth-order valence-electron chi connectivity index (χ4n) is 2.25. The molecule has 0 saturated carbocycles. The molecule has 1 heterocycles. The smallest absolute Gasteiger partial charge is 0.259 e. The van der Waals surface area contributed by atoms with Crippen molar-refractivity contribution in [3.05, 3.63) is 66.0 Å². The second-order valence-electron chi connectivity index (χ2n) is 4.88. The van der Waals surface area contributed by atoms with Crippen molar-refractivity contribution in [1.29, 1.82) is 0 Å². The summed E-state index contributed by atoms with van der Waals surface area (Å²) < 4.78 is 0. The van der Waals surface area contributed by atoms with E-state index in [1.165, 1.54) is 0 Å². The Morgan fingerprint density at radius 1 is 1.19 bits per heavy atom.